The fraction of sp³-hybridized carbons (Fsp3) is 0.800. The molecule has 2 rings (SSSR count). The van der Waals surface area contributed by atoms with E-state index in [-0.39, 0.29) is 12.2 Å². The molecule has 1 aromatic heterocycles. The zero-order valence-corrected chi connectivity index (χ0v) is 10.3. The molecule has 16 heavy (non-hydrogen) atoms. The van der Waals surface area contributed by atoms with Crippen molar-refractivity contribution in [3.63, 3.8) is 0 Å². The van der Waals surface area contributed by atoms with E-state index in [4.69, 9.17) is 20.8 Å². The molecule has 0 spiro atoms. The van der Waals surface area contributed by atoms with Crippen LogP contribution in [0.5, 0.6) is 0 Å². The highest BCUT2D eigenvalue weighted by atomic mass is 35.5. The minimum absolute atomic E-state index is 0.187. The molecule has 2 atom stereocenters. The highest BCUT2D eigenvalue weighted by Gasteiger charge is 2.25. The zero-order valence-electron chi connectivity index (χ0n) is 9.52. The first-order chi connectivity index (χ1) is 7.69. The van der Waals surface area contributed by atoms with Gasteiger partial charge >= 0.3 is 6.01 Å². The zero-order chi connectivity index (χ0) is 11.5. The first kappa shape index (κ1) is 11.7. The number of ether oxygens (including phenoxy) is 1. The van der Waals surface area contributed by atoms with Crippen molar-refractivity contribution in [2.24, 2.45) is 0 Å². The number of alkyl halides is 1. The maximum Gasteiger partial charge on any atom is 0.318 e. The van der Waals surface area contributed by atoms with Crippen LogP contribution in [0.4, 0.5) is 6.01 Å². The van der Waals surface area contributed by atoms with Gasteiger partial charge in [0, 0.05) is 25.4 Å². The van der Waals surface area contributed by atoms with Crippen LogP contribution in [0.1, 0.15) is 19.7 Å². The number of rotatable bonds is 3. The van der Waals surface area contributed by atoms with Crippen LogP contribution >= 0.6 is 11.6 Å². The summed E-state index contributed by atoms with van der Waals surface area (Å²) in [4.78, 5) is 2.06. The second-order valence-electron chi connectivity index (χ2n) is 4.08. The van der Waals surface area contributed by atoms with E-state index in [1.54, 1.807) is 0 Å². The fourth-order valence-corrected chi connectivity index (χ4v) is 2.05. The Bertz CT molecular complexity index is 335. The molecule has 1 aromatic rings. The molecule has 0 bridgehead atoms. The van der Waals surface area contributed by atoms with Gasteiger partial charge in [-0.05, 0) is 13.8 Å². The van der Waals surface area contributed by atoms with E-state index in [1.165, 1.54) is 0 Å². The minimum atomic E-state index is 0.187. The van der Waals surface area contributed by atoms with Gasteiger partial charge in [0.05, 0.1) is 12.2 Å². The molecule has 0 saturated carbocycles. The highest BCUT2D eigenvalue weighted by molar-refractivity contribution is 6.17. The van der Waals surface area contributed by atoms with Crippen molar-refractivity contribution in [2.45, 2.75) is 32.5 Å². The Morgan fingerprint density at radius 3 is 2.62 bits per heavy atom. The molecule has 1 fully saturated rings. The molecule has 6 heteroatoms. The molecular formula is C10H16ClN3O2. The third-order valence-corrected chi connectivity index (χ3v) is 2.64. The van der Waals surface area contributed by atoms with Gasteiger partial charge < -0.3 is 14.1 Å². The SMILES string of the molecule is CC1CN(c2nnc(CCCl)o2)CC(C)O1. The predicted octanol–water partition coefficient (Wildman–Crippen LogP) is 1.46. The van der Waals surface area contributed by atoms with Gasteiger partial charge in [-0.3, -0.25) is 0 Å². The Balaban J connectivity index is 2.04. The molecule has 0 N–H and O–H groups in total. The van der Waals surface area contributed by atoms with E-state index in [1.807, 2.05) is 13.8 Å². The van der Waals surface area contributed by atoms with Crippen LogP contribution in [0.2, 0.25) is 0 Å². The smallest absolute Gasteiger partial charge is 0.318 e. The maximum atomic E-state index is 5.64. The van der Waals surface area contributed by atoms with Gasteiger partial charge in [-0.25, -0.2) is 0 Å². The van der Waals surface area contributed by atoms with Crippen LogP contribution in [-0.2, 0) is 11.2 Å². The molecule has 0 amide bonds. The molecule has 0 aromatic carbocycles. The average molecular weight is 246 g/mol. The van der Waals surface area contributed by atoms with Gasteiger partial charge in [-0.1, -0.05) is 5.10 Å². The van der Waals surface area contributed by atoms with Crippen LogP contribution in [0.25, 0.3) is 0 Å². The maximum absolute atomic E-state index is 5.64. The van der Waals surface area contributed by atoms with Gasteiger partial charge in [0.2, 0.25) is 5.89 Å². The van der Waals surface area contributed by atoms with E-state index in [0.29, 0.717) is 24.2 Å². The summed E-state index contributed by atoms with van der Waals surface area (Å²) in [5.41, 5.74) is 0. The molecule has 1 aliphatic heterocycles. The Morgan fingerprint density at radius 1 is 1.31 bits per heavy atom. The van der Waals surface area contributed by atoms with Gasteiger partial charge in [0.15, 0.2) is 0 Å². The number of morpholine rings is 1. The van der Waals surface area contributed by atoms with Crippen LogP contribution in [0.3, 0.4) is 0 Å². The normalized spacial score (nSPS) is 26.1. The van der Waals surface area contributed by atoms with Gasteiger partial charge in [0.25, 0.3) is 0 Å². The van der Waals surface area contributed by atoms with Crippen LogP contribution in [0, 0.1) is 0 Å². The summed E-state index contributed by atoms with van der Waals surface area (Å²) in [7, 11) is 0. The highest BCUT2D eigenvalue weighted by Crippen LogP contribution is 2.19. The third-order valence-electron chi connectivity index (χ3n) is 2.45. The number of aromatic nitrogens is 2. The van der Waals surface area contributed by atoms with Crippen molar-refractivity contribution >= 4 is 17.6 Å². The topological polar surface area (TPSA) is 51.4 Å². The fourth-order valence-electron chi connectivity index (χ4n) is 1.89. The number of aryl methyl sites for hydroxylation is 1. The standard InChI is InChI=1S/C10H16ClN3O2/c1-7-5-14(6-8(2)15-7)10-13-12-9(16-10)3-4-11/h7-8H,3-6H2,1-2H3. The first-order valence-electron chi connectivity index (χ1n) is 5.47. The quantitative estimate of drug-likeness (QED) is 0.755. The van der Waals surface area contributed by atoms with E-state index in [2.05, 4.69) is 15.1 Å². The van der Waals surface area contributed by atoms with Gasteiger partial charge in [-0.15, -0.1) is 16.7 Å². The lowest BCUT2D eigenvalue weighted by atomic mass is 10.2. The number of hydrogen-bond donors (Lipinski definition) is 0. The molecule has 1 saturated heterocycles. The summed E-state index contributed by atoms with van der Waals surface area (Å²) in [6.45, 7) is 5.65. The van der Waals surface area contributed by atoms with Crippen molar-refractivity contribution in [2.75, 3.05) is 23.9 Å². The second kappa shape index (κ2) is 5.01. The molecule has 2 unspecified atom stereocenters. The lowest BCUT2D eigenvalue weighted by Gasteiger charge is -2.33. The predicted molar refractivity (Wildman–Crippen MR) is 60.9 cm³/mol. The Morgan fingerprint density at radius 2 is 2.00 bits per heavy atom. The average Bonchev–Trinajstić information content (AvgIpc) is 2.65. The van der Waals surface area contributed by atoms with E-state index >= 15 is 0 Å². The van der Waals surface area contributed by atoms with Crippen LogP contribution < -0.4 is 4.90 Å². The number of hydrogen-bond acceptors (Lipinski definition) is 5. The van der Waals surface area contributed by atoms with Crippen LogP contribution in [-0.4, -0.2) is 41.4 Å². The van der Waals surface area contributed by atoms with E-state index < -0.39 is 0 Å². The summed E-state index contributed by atoms with van der Waals surface area (Å²) in [6, 6.07) is 0.571. The molecule has 0 radical (unpaired) electrons. The van der Waals surface area contributed by atoms with Crippen molar-refractivity contribution in [3.8, 4) is 0 Å². The summed E-state index contributed by atoms with van der Waals surface area (Å²) in [6.07, 6.45) is 0.989. The third kappa shape index (κ3) is 2.65. The van der Waals surface area contributed by atoms with Crippen molar-refractivity contribution in [1.82, 2.24) is 10.2 Å². The van der Waals surface area contributed by atoms with Gasteiger partial charge in [-0.2, -0.15) is 0 Å². The molecule has 5 nitrogen and oxygen atoms in total. The van der Waals surface area contributed by atoms with Crippen LogP contribution in [0.15, 0.2) is 4.42 Å². The van der Waals surface area contributed by atoms with Crippen molar-refractivity contribution < 1.29 is 9.15 Å². The number of halogens is 1. The monoisotopic (exact) mass is 245 g/mol. The molecule has 90 valence electrons. The molecule has 1 aliphatic rings. The lowest BCUT2D eigenvalue weighted by Crippen LogP contribution is -2.45. The first-order valence-corrected chi connectivity index (χ1v) is 6.01. The van der Waals surface area contributed by atoms with E-state index in [9.17, 15) is 0 Å². The van der Waals surface area contributed by atoms with Crippen molar-refractivity contribution in [3.05, 3.63) is 5.89 Å². The summed E-state index contributed by atoms with van der Waals surface area (Å²) < 4.78 is 11.2. The summed E-state index contributed by atoms with van der Waals surface area (Å²) >= 11 is 5.62. The minimum Gasteiger partial charge on any atom is -0.408 e. The number of nitrogens with zero attached hydrogens (tertiary/aromatic N) is 3. The second-order valence-corrected chi connectivity index (χ2v) is 4.46. The lowest BCUT2D eigenvalue weighted by molar-refractivity contribution is -0.00675. The number of anilines is 1. The molecule has 0 aliphatic carbocycles. The molecule has 2 heterocycles. The van der Waals surface area contributed by atoms with Crippen molar-refractivity contribution in [1.29, 1.82) is 0 Å². The Kier molecular flexibility index (Phi) is 3.66. The summed E-state index contributed by atoms with van der Waals surface area (Å²) in [5.74, 6) is 1.09. The Hall–Kier alpha value is -0.810. The Labute approximate surface area is 99.7 Å². The van der Waals surface area contributed by atoms with Gasteiger partial charge in [0.1, 0.15) is 0 Å². The largest absolute Gasteiger partial charge is 0.408 e. The molecular weight excluding hydrogens is 230 g/mol. The van der Waals surface area contributed by atoms with E-state index in [0.717, 1.165) is 13.1 Å². The summed E-state index contributed by atoms with van der Waals surface area (Å²) in [5, 5.41) is 7.97.